The first-order valence-electron chi connectivity index (χ1n) is 8.62. The Hall–Kier alpha value is -2.66. The fourth-order valence-electron chi connectivity index (χ4n) is 3.76. The minimum Gasteiger partial charge on any atom is -0.481 e. The monoisotopic (exact) mass is 335 g/mol. The van der Waals surface area contributed by atoms with E-state index in [2.05, 4.69) is 29.2 Å². The van der Waals surface area contributed by atoms with E-state index in [0.717, 1.165) is 23.9 Å². The van der Waals surface area contributed by atoms with Crippen molar-refractivity contribution in [3.05, 3.63) is 60.7 Å². The Morgan fingerprint density at radius 2 is 2.08 bits per heavy atom. The van der Waals surface area contributed by atoms with Crippen LogP contribution in [0.2, 0.25) is 0 Å². The number of imidazole rings is 1. The predicted octanol–water partition coefficient (Wildman–Crippen LogP) is 3.11. The second-order valence-electron chi connectivity index (χ2n) is 6.81. The second-order valence-corrected chi connectivity index (χ2v) is 6.81. The van der Waals surface area contributed by atoms with Gasteiger partial charge in [0.15, 0.2) is 0 Å². The van der Waals surface area contributed by atoms with Crippen molar-refractivity contribution in [3.8, 4) is 5.69 Å². The molecule has 3 N–H and O–H groups in total. The summed E-state index contributed by atoms with van der Waals surface area (Å²) in [5, 5.41) is 12.1. The zero-order chi connectivity index (χ0) is 17.4. The minimum absolute atomic E-state index is 0.133. The maximum absolute atomic E-state index is 11.9. The van der Waals surface area contributed by atoms with Gasteiger partial charge in [-0.15, -0.1) is 0 Å². The fourth-order valence-corrected chi connectivity index (χ4v) is 3.76. The molecule has 0 radical (unpaired) electrons. The second kappa shape index (κ2) is 6.01. The number of aromatic nitrogens is 2. The molecule has 0 aliphatic heterocycles. The summed E-state index contributed by atoms with van der Waals surface area (Å²) in [5.74, 6) is -0.646. The Balaban J connectivity index is 1.66. The molecule has 0 amide bonds. The summed E-state index contributed by atoms with van der Waals surface area (Å²) in [5.41, 5.74) is 6.36. The molecule has 3 aromatic rings. The molecule has 1 heterocycles. The van der Waals surface area contributed by atoms with Gasteiger partial charge < -0.3 is 15.4 Å². The van der Waals surface area contributed by atoms with Crippen LogP contribution in [0.25, 0.3) is 16.5 Å². The van der Waals surface area contributed by atoms with Crippen LogP contribution >= 0.6 is 0 Å². The zero-order valence-electron chi connectivity index (χ0n) is 13.9. The lowest BCUT2D eigenvalue weighted by molar-refractivity contribution is -0.140. The largest absolute Gasteiger partial charge is 0.481 e. The van der Waals surface area contributed by atoms with Crippen molar-refractivity contribution in [2.75, 3.05) is 6.54 Å². The van der Waals surface area contributed by atoms with Crippen LogP contribution in [0.4, 0.5) is 0 Å². The van der Waals surface area contributed by atoms with Crippen LogP contribution < -0.4 is 5.73 Å². The molecule has 5 nitrogen and oxygen atoms in total. The van der Waals surface area contributed by atoms with Crippen LogP contribution in [-0.4, -0.2) is 27.2 Å². The molecule has 4 rings (SSSR count). The highest BCUT2D eigenvalue weighted by Crippen LogP contribution is 2.56. The summed E-state index contributed by atoms with van der Waals surface area (Å²) >= 11 is 0. The first-order valence-corrected chi connectivity index (χ1v) is 8.62. The minimum atomic E-state index is -0.836. The van der Waals surface area contributed by atoms with E-state index in [1.54, 1.807) is 6.33 Å². The van der Waals surface area contributed by atoms with Crippen LogP contribution in [0.3, 0.4) is 0 Å². The molecule has 25 heavy (non-hydrogen) atoms. The van der Waals surface area contributed by atoms with Gasteiger partial charge in [-0.3, -0.25) is 4.79 Å². The quantitative estimate of drug-likeness (QED) is 0.725. The third-order valence-corrected chi connectivity index (χ3v) is 5.31. The molecule has 0 saturated heterocycles. The van der Waals surface area contributed by atoms with Gasteiger partial charge >= 0.3 is 5.97 Å². The van der Waals surface area contributed by atoms with Gasteiger partial charge in [-0.05, 0) is 54.6 Å². The van der Waals surface area contributed by atoms with E-state index in [9.17, 15) is 9.90 Å². The van der Waals surface area contributed by atoms with Gasteiger partial charge in [0.2, 0.25) is 0 Å². The molecule has 2 aromatic carbocycles. The van der Waals surface area contributed by atoms with Crippen LogP contribution in [0.1, 0.15) is 25.0 Å². The lowest BCUT2D eigenvalue weighted by Crippen LogP contribution is -2.23. The van der Waals surface area contributed by atoms with Crippen molar-refractivity contribution >= 4 is 16.7 Å². The molecular weight excluding hydrogens is 314 g/mol. The molecular formula is C20H21N3O2. The zero-order valence-corrected chi connectivity index (χ0v) is 13.9. The Kier molecular flexibility index (Phi) is 3.81. The Morgan fingerprint density at radius 3 is 2.84 bits per heavy atom. The molecule has 1 unspecified atom stereocenters. The number of rotatable bonds is 6. The number of nitrogens with two attached hydrogens (primary N) is 1. The third-order valence-electron chi connectivity index (χ3n) is 5.31. The van der Waals surface area contributed by atoms with Gasteiger partial charge in [-0.25, -0.2) is 4.98 Å². The molecule has 0 bridgehead atoms. The summed E-state index contributed by atoms with van der Waals surface area (Å²) in [6.45, 7) is 0.595. The number of fused-ring (bicyclic) bond motifs is 1. The number of carbonyl (C=O) groups is 1. The van der Waals surface area contributed by atoms with E-state index in [1.165, 1.54) is 5.39 Å². The summed E-state index contributed by atoms with van der Waals surface area (Å²) in [6, 6.07) is 14.4. The standard InChI is InChI=1S/C20H21N3O2/c21-9-3-6-16-11-20(16,19(24)25)18-12-23(13-22-18)17-8-7-14-4-1-2-5-15(14)10-17/h1-2,4-5,7-8,10,12-13,16H,3,6,9,11,21H2,(H,24,25)/t16?,20-/m0/s1. The SMILES string of the molecule is NCCCC1C[C@@]1(C(=O)O)c1cn(-c2ccc3ccccc3c2)cn1. The summed E-state index contributed by atoms with van der Waals surface area (Å²) in [7, 11) is 0. The Labute approximate surface area is 146 Å². The maximum atomic E-state index is 11.9. The molecule has 1 fully saturated rings. The number of hydrogen-bond donors (Lipinski definition) is 2. The van der Waals surface area contributed by atoms with Crippen LogP contribution in [0, 0.1) is 5.92 Å². The van der Waals surface area contributed by atoms with Crippen molar-refractivity contribution in [2.24, 2.45) is 11.7 Å². The first kappa shape index (κ1) is 15.8. The average Bonchev–Trinajstić information content (AvgIpc) is 3.16. The number of aliphatic carboxylic acids is 1. The van der Waals surface area contributed by atoms with Gasteiger partial charge in [0.1, 0.15) is 5.41 Å². The van der Waals surface area contributed by atoms with Crippen molar-refractivity contribution < 1.29 is 9.90 Å². The molecule has 5 heteroatoms. The highest BCUT2D eigenvalue weighted by Gasteiger charge is 2.62. The van der Waals surface area contributed by atoms with Crippen molar-refractivity contribution in [1.29, 1.82) is 0 Å². The van der Waals surface area contributed by atoms with E-state index in [4.69, 9.17) is 5.73 Å². The number of hydrogen-bond acceptors (Lipinski definition) is 3. The van der Waals surface area contributed by atoms with E-state index < -0.39 is 11.4 Å². The Morgan fingerprint density at radius 1 is 1.28 bits per heavy atom. The molecule has 1 aliphatic carbocycles. The predicted molar refractivity (Wildman–Crippen MR) is 96.8 cm³/mol. The highest BCUT2D eigenvalue weighted by atomic mass is 16.4. The van der Waals surface area contributed by atoms with Gasteiger partial charge in [0.25, 0.3) is 0 Å². The number of carboxylic acids is 1. The van der Waals surface area contributed by atoms with E-state index in [1.807, 2.05) is 29.0 Å². The fraction of sp³-hybridized carbons (Fsp3) is 0.300. The number of carboxylic acid groups (broad SMARTS) is 1. The van der Waals surface area contributed by atoms with Crippen molar-refractivity contribution in [2.45, 2.75) is 24.7 Å². The molecule has 1 aliphatic rings. The summed E-state index contributed by atoms with van der Waals surface area (Å²) in [6.07, 6.45) is 5.91. The van der Waals surface area contributed by atoms with Gasteiger partial charge in [0, 0.05) is 11.9 Å². The number of nitrogens with zero attached hydrogens (tertiary/aromatic N) is 2. The molecule has 0 spiro atoms. The van der Waals surface area contributed by atoms with Crippen molar-refractivity contribution in [3.63, 3.8) is 0 Å². The van der Waals surface area contributed by atoms with Crippen molar-refractivity contribution in [1.82, 2.24) is 9.55 Å². The molecule has 128 valence electrons. The third kappa shape index (κ3) is 2.61. The van der Waals surface area contributed by atoms with Gasteiger partial charge in [-0.1, -0.05) is 30.3 Å². The molecule has 2 atom stereocenters. The number of benzene rings is 2. The van der Waals surface area contributed by atoms with Crippen LogP contribution in [0.5, 0.6) is 0 Å². The highest BCUT2D eigenvalue weighted by molar-refractivity contribution is 5.86. The topological polar surface area (TPSA) is 81.1 Å². The summed E-state index contributed by atoms with van der Waals surface area (Å²) < 4.78 is 1.91. The normalized spacial score (nSPS) is 22.2. The van der Waals surface area contributed by atoms with E-state index in [0.29, 0.717) is 18.7 Å². The Bertz CT molecular complexity index is 933. The van der Waals surface area contributed by atoms with Gasteiger partial charge in [-0.2, -0.15) is 0 Å². The molecule has 1 aromatic heterocycles. The lowest BCUT2D eigenvalue weighted by atomic mass is 9.98. The average molecular weight is 335 g/mol. The van der Waals surface area contributed by atoms with Crippen LogP contribution in [0.15, 0.2) is 55.0 Å². The smallest absolute Gasteiger partial charge is 0.316 e. The molecule has 1 saturated carbocycles. The lowest BCUT2D eigenvalue weighted by Gasteiger charge is -2.09. The maximum Gasteiger partial charge on any atom is 0.316 e. The van der Waals surface area contributed by atoms with Gasteiger partial charge in [0.05, 0.1) is 12.0 Å². The first-order chi connectivity index (χ1) is 12.1. The summed E-state index contributed by atoms with van der Waals surface area (Å²) in [4.78, 5) is 16.3. The van der Waals surface area contributed by atoms with E-state index in [-0.39, 0.29) is 5.92 Å². The van der Waals surface area contributed by atoms with Crippen LogP contribution in [-0.2, 0) is 10.2 Å². The van der Waals surface area contributed by atoms with E-state index >= 15 is 0 Å².